The zero-order valence-corrected chi connectivity index (χ0v) is 13.9. The van der Waals surface area contributed by atoms with E-state index in [0.717, 1.165) is 5.69 Å². The van der Waals surface area contributed by atoms with Crippen LogP contribution in [-0.4, -0.2) is 51.6 Å². The van der Waals surface area contributed by atoms with Gasteiger partial charge in [0.05, 0.1) is 11.4 Å². The van der Waals surface area contributed by atoms with Crippen molar-refractivity contribution in [2.24, 2.45) is 0 Å². The first-order chi connectivity index (χ1) is 12.1. The molecule has 0 N–H and O–H groups in total. The van der Waals surface area contributed by atoms with Crippen LogP contribution in [0.15, 0.2) is 42.6 Å². The molecule has 1 aromatic carbocycles. The van der Waals surface area contributed by atoms with Crippen molar-refractivity contribution in [2.75, 3.05) is 31.1 Å². The number of para-hydroxylation sites is 1. The van der Waals surface area contributed by atoms with Crippen LogP contribution in [-0.2, 0) is 0 Å². The highest BCUT2D eigenvalue weighted by Gasteiger charge is 2.25. The Kier molecular flexibility index (Phi) is 3.83. The Balaban J connectivity index is 1.52. The summed E-state index contributed by atoms with van der Waals surface area (Å²) in [7, 11) is 0. The number of anilines is 1. The fraction of sp³-hybridized carbons (Fsp3) is 0.278. The molecular weight excluding hydrogens is 321 g/mol. The third-order valence-corrected chi connectivity index (χ3v) is 4.46. The van der Waals surface area contributed by atoms with E-state index in [0.29, 0.717) is 43.2 Å². The van der Waals surface area contributed by atoms with Gasteiger partial charge in [0, 0.05) is 38.4 Å². The van der Waals surface area contributed by atoms with Gasteiger partial charge in [0.1, 0.15) is 11.5 Å². The standard InChI is InChI=1S/C18H18FN5O/c1-13-12-17-20-7-6-16(24(17)21-13)18(25)23-10-8-22(9-11-23)15-5-3-2-4-14(15)19/h2-7,12H,8-11H2,1H3. The van der Waals surface area contributed by atoms with Crippen molar-refractivity contribution in [3.8, 4) is 0 Å². The molecule has 0 saturated carbocycles. The maximum Gasteiger partial charge on any atom is 0.272 e. The fourth-order valence-electron chi connectivity index (χ4n) is 3.19. The van der Waals surface area contributed by atoms with Crippen LogP contribution in [0.25, 0.3) is 5.65 Å². The van der Waals surface area contributed by atoms with Crippen LogP contribution in [0.5, 0.6) is 0 Å². The van der Waals surface area contributed by atoms with Gasteiger partial charge < -0.3 is 9.80 Å². The van der Waals surface area contributed by atoms with E-state index >= 15 is 0 Å². The lowest BCUT2D eigenvalue weighted by Gasteiger charge is -2.36. The van der Waals surface area contributed by atoms with Gasteiger partial charge in [-0.3, -0.25) is 4.79 Å². The van der Waals surface area contributed by atoms with Crippen molar-refractivity contribution in [1.82, 2.24) is 19.5 Å². The normalized spacial score (nSPS) is 15.0. The SMILES string of the molecule is Cc1cc2nccc(C(=O)N3CCN(c4ccccc4F)CC3)n2n1. The van der Waals surface area contributed by atoms with Crippen LogP contribution in [0.1, 0.15) is 16.2 Å². The molecule has 3 aromatic rings. The van der Waals surface area contributed by atoms with E-state index in [-0.39, 0.29) is 11.7 Å². The van der Waals surface area contributed by atoms with Crippen LogP contribution in [0.2, 0.25) is 0 Å². The molecular formula is C18H18FN5O. The molecule has 0 spiro atoms. The lowest BCUT2D eigenvalue weighted by molar-refractivity contribution is 0.0737. The topological polar surface area (TPSA) is 53.7 Å². The number of benzene rings is 1. The Bertz CT molecular complexity index is 930. The largest absolute Gasteiger partial charge is 0.366 e. The summed E-state index contributed by atoms with van der Waals surface area (Å²) in [5, 5.41) is 4.35. The first kappa shape index (κ1) is 15.6. The summed E-state index contributed by atoms with van der Waals surface area (Å²) >= 11 is 0. The van der Waals surface area contributed by atoms with Crippen LogP contribution in [0.4, 0.5) is 10.1 Å². The maximum absolute atomic E-state index is 13.9. The average Bonchev–Trinajstić information content (AvgIpc) is 3.02. The first-order valence-corrected chi connectivity index (χ1v) is 8.23. The second kappa shape index (κ2) is 6.16. The molecule has 2 aromatic heterocycles. The smallest absolute Gasteiger partial charge is 0.272 e. The maximum atomic E-state index is 13.9. The number of carbonyl (C=O) groups is 1. The molecule has 1 aliphatic rings. The lowest BCUT2D eigenvalue weighted by Crippen LogP contribution is -2.49. The number of aryl methyl sites for hydroxylation is 1. The van der Waals surface area contributed by atoms with Gasteiger partial charge in [0.15, 0.2) is 5.65 Å². The molecule has 1 fully saturated rings. The van der Waals surface area contributed by atoms with Gasteiger partial charge in [0.25, 0.3) is 5.91 Å². The monoisotopic (exact) mass is 339 g/mol. The number of piperazine rings is 1. The van der Waals surface area contributed by atoms with Crippen molar-refractivity contribution >= 4 is 17.2 Å². The molecule has 0 bridgehead atoms. The molecule has 0 unspecified atom stereocenters. The van der Waals surface area contributed by atoms with Gasteiger partial charge in [-0.2, -0.15) is 5.10 Å². The fourth-order valence-corrected chi connectivity index (χ4v) is 3.19. The van der Waals surface area contributed by atoms with Gasteiger partial charge in [-0.15, -0.1) is 0 Å². The first-order valence-electron chi connectivity index (χ1n) is 8.23. The minimum Gasteiger partial charge on any atom is -0.366 e. The predicted octanol–water partition coefficient (Wildman–Crippen LogP) is 2.14. The van der Waals surface area contributed by atoms with Crippen LogP contribution < -0.4 is 4.90 Å². The summed E-state index contributed by atoms with van der Waals surface area (Å²) in [5.74, 6) is -0.311. The van der Waals surface area contributed by atoms with E-state index in [9.17, 15) is 9.18 Å². The van der Waals surface area contributed by atoms with Gasteiger partial charge in [-0.25, -0.2) is 13.9 Å². The van der Waals surface area contributed by atoms with Crippen molar-refractivity contribution in [2.45, 2.75) is 6.92 Å². The Morgan fingerprint density at radius 2 is 1.88 bits per heavy atom. The van der Waals surface area contributed by atoms with Crippen LogP contribution >= 0.6 is 0 Å². The second-order valence-electron chi connectivity index (χ2n) is 6.12. The Hall–Kier alpha value is -2.96. The third-order valence-electron chi connectivity index (χ3n) is 4.46. The summed E-state index contributed by atoms with van der Waals surface area (Å²) < 4.78 is 15.5. The number of hydrogen-bond acceptors (Lipinski definition) is 4. The highest BCUT2D eigenvalue weighted by Crippen LogP contribution is 2.21. The van der Waals surface area contributed by atoms with E-state index < -0.39 is 0 Å². The van der Waals surface area contributed by atoms with Crippen molar-refractivity contribution in [3.63, 3.8) is 0 Å². The third kappa shape index (κ3) is 2.82. The lowest BCUT2D eigenvalue weighted by atomic mass is 10.2. The van der Waals surface area contributed by atoms with Crippen LogP contribution in [0.3, 0.4) is 0 Å². The van der Waals surface area contributed by atoms with Gasteiger partial charge in [0.2, 0.25) is 0 Å². The summed E-state index contributed by atoms with van der Waals surface area (Å²) in [4.78, 5) is 20.9. The summed E-state index contributed by atoms with van der Waals surface area (Å²) in [5.41, 5.74) is 2.56. The van der Waals surface area contributed by atoms with Gasteiger partial charge in [-0.05, 0) is 25.1 Å². The van der Waals surface area contributed by atoms with E-state index in [1.54, 1.807) is 33.8 Å². The number of nitrogens with zero attached hydrogens (tertiary/aromatic N) is 5. The molecule has 1 aliphatic heterocycles. The number of halogens is 1. The zero-order valence-electron chi connectivity index (χ0n) is 13.9. The van der Waals surface area contributed by atoms with Crippen molar-refractivity contribution < 1.29 is 9.18 Å². The van der Waals surface area contributed by atoms with Crippen LogP contribution in [0, 0.1) is 12.7 Å². The molecule has 6 nitrogen and oxygen atoms in total. The van der Waals surface area contributed by atoms with Gasteiger partial charge >= 0.3 is 0 Å². The van der Waals surface area contributed by atoms with E-state index in [1.165, 1.54) is 6.07 Å². The molecule has 0 aliphatic carbocycles. The van der Waals surface area contributed by atoms with E-state index in [4.69, 9.17) is 0 Å². The van der Waals surface area contributed by atoms with E-state index in [1.807, 2.05) is 24.0 Å². The number of aromatic nitrogens is 3. The number of amides is 1. The second-order valence-corrected chi connectivity index (χ2v) is 6.12. The number of hydrogen-bond donors (Lipinski definition) is 0. The molecule has 7 heteroatoms. The molecule has 128 valence electrons. The number of rotatable bonds is 2. The Labute approximate surface area is 144 Å². The van der Waals surface area contributed by atoms with Crippen molar-refractivity contribution in [3.05, 3.63) is 59.8 Å². The molecule has 3 heterocycles. The summed E-state index contributed by atoms with van der Waals surface area (Å²) in [6.07, 6.45) is 1.62. The summed E-state index contributed by atoms with van der Waals surface area (Å²) in [6.45, 7) is 4.14. The minimum absolute atomic E-state index is 0.0799. The zero-order chi connectivity index (χ0) is 17.4. The molecule has 1 amide bonds. The molecule has 0 radical (unpaired) electrons. The number of carbonyl (C=O) groups excluding carboxylic acids is 1. The Morgan fingerprint density at radius 3 is 2.64 bits per heavy atom. The molecule has 0 atom stereocenters. The Morgan fingerprint density at radius 1 is 1.12 bits per heavy atom. The van der Waals surface area contributed by atoms with E-state index in [2.05, 4.69) is 10.1 Å². The quantitative estimate of drug-likeness (QED) is 0.718. The van der Waals surface area contributed by atoms with Gasteiger partial charge in [-0.1, -0.05) is 12.1 Å². The van der Waals surface area contributed by atoms with Crippen molar-refractivity contribution in [1.29, 1.82) is 0 Å². The highest BCUT2D eigenvalue weighted by molar-refractivity contribution is 5.93. The predicted molar refractivity (Wildman–Crippen MR) is 92.2 cm³/mol. The summed E-state index contributed by atoms with van der Waals surface area (Å²) in [6, 6.07) is 10.3. The average molecular weight is 339 g/mol. The number of fused-ring (bicyclic) bond motifs is 1. The molecule has 1 saturated heterocycles. The molecule has 25 heavy (non-hydrogen) atoms. The highest BCUT2D eigenvalue weighted by atomic mass is 19.1. The molecule has 4 rings (SSSR count). The minimum atomic E-state index is -0.231.